The van der Waals surface area contributed by atoms with E-state index < -0.39 is 37.4 Å². The van der Waals surface area contributed by atoms with Crippen LogP contribution >= 0.6 is 10.5 Å². The summed E-state index contributed by atoms with van der Waals surface area (Å²) in [6.45, 7) is 0. The second-order valence-corrected chi connectivity index (χ2v) is 8.35. The smallest absolute Gasteiger partial charge is 0.375 e. The Hall–Kier alpha value is -2.01. The van der Waals surface area contributed by atoms with E-state index in [2.05, 4.69) is 4.18 Å². The Morgan fingerprint density at radius 2 is 1.44 bits per heavy atom. The van der Waals surface area contributed by atoms with Crippen molar-refractivity contribution < 1.29 is 38.9 Å². The first-order valence-corrected chi connectivity index (χ1v) is 9.11. The molecular formula is C14H7F6O3S2+. The molecule has 0 spiro atoms. The van der Waals surface area contributed by atoms with Crippen molar-refractivity contribution in [1.82, 2.24) is 0 Å². The van der Waals surface area contributed by atoms with Crippen LogP contribution in [0, 0.1) is 0 Å². The van der Waals surface area contributed by atoms with Gasteiger partial charge in [-0.1, -0.05) is 18.2 Å². The molecule has 0 aliphatic rings. The summed E-state index contributed by atoms with van der Waals surface area (Å²) in [5.74, 6) is -0.790. The van der Waals surface area contributed by atoms with Crippen LogP contribution in [0.4, 0.5) is 26.3 Å². The molecule has 0 fully saturated rings. The van der Waals surface area contributed by atoms with Gasteiger partial charge < -0.3 is 4.18 Å². The molecule has 0 amide bonds. The van der Waals surface area contributed by atoms with E-state index in [0.717, 1.165) is 18.2 Å². The molecule has 0 saturated carbocycles. The average molecular weight is 401 g/mol. The topological polar surface area (TPSA) is 43.4 Å². The highest BCUT2D eigenvalue weighted by molar-refractivity contribution is 7.88. The van der Waals surface area contributed by atoms with E-state index in [1.54, 1.807) is 0 Å². The number of hydrogen-bond acceptors (Lipinski definition) is 3. The van der Waals surface area contributed by atoms with Gasteiger partial charge in [0.15, 0.2) is 15.1 Å². The quantitative estimate of drug-likeness (QED) is 0.248. The fourth-order valence-corrected chi connectivity index (χ4v) is 4.84. The molecule has 3 rings (SSSR count). The SMILES string of the molecule is O=S(=O)(Oc1cccc2c1c1ccccc1[s+]2C(F)(F)F)C(F)(F)F. The maximum absolute atomic E-state index is 13.5. The van der Waals surface area contributed by atoms with Crippen LogP contribution in [-0.2, 0) is 15.6 Å². The minimum atomic E-state index is -6.01. The predicted molar refractivity (Wildman–Crippen MR) is 80.8 cm³/mol. The highest BCUT2D eigenvalue weighted by Gasteiger charge is 2.50. The van der Waals surface area contributed by atoms with E-state index in [4.69, 9.17) is 0 Å². The van der Waals surface area contributed by atoms with Gasteiger partial charge >= 0.3 is 21.1 Å². The molecule has 3 nitrogen and oxygen atoms in total. The number of thiophene rings is 1. The molecule has 25 heavy (non-hydrogen) atoms. The van der Waals surface area contributed by atoms with Crippen molar-refractivity contribution in [3.63, 3.8) is 0 Å². The minimum absolute atomic E-state index is 0.00821. The maximum atomic E-state index is 13.5. The molecule has 1 heterocycles. The van der Waals surface area contributed by atoms with Gasteiger partial charge in [-0.25, -0.2) is 0 Å². The van der Waals surface area contributed by atoms with Gasteiger partial charge in [-0.2, -0.15) is 21.6 Å². The van der Waals surface area contributed by atoms with Gasteiger partial charge in [0, 0.05) is 0 Å². The van der Waals surface area contributed by atoms with E-state index in [9.17, 15) is 34.8 Å². The molecule has 0 aliphatic heterocycles. The Kier molecular flexibility index (Phi) is 3.91. The number of hydrogen-bond donors (Lipinski definition) is 0. The van der Waals surface area contributed by atoms with Gasteiger partial charge in [-0.3, -0.25) is 0 Å². The Morgan fingerprint density at radius 3 is 2.04 bits per heavy atom. The standard InChI is InChI=1S/C14H7F6O3S2/c15-13(16,17)24-10-6-2-1-4-8(10)12-9(5-3-7-11(12)24)23-25(21,22)14(18,19)20/h1-7H/q+1. The summed E-state index contributed by atoms with van der Waals surface area (Å²) in [7, 11) is -8.42. The monoisotopic (exact) mass is 401 g/mol. The molecule has 1 atom stereocenters. The summed E-state index contributed by atoms with van der Waals surface area (Å²) < 4.78 is 104. The summed E-state index contributed by atoms with van der Waals surface area (Å²) in [4.78, 5) is 0. The zero-order valence-corrected chi connectivity index (χ0v) is 13.5. The van der Waals surface area contributed by atoms with Crippen molar-refractivity contribution in [1.29, 1.82) is 0 Å². The van der Waals surface area contributed by atoms with Crippen molar-refractivity contribution in [2.45, 2.75) is 11.0 Å². The Balaban J connectivity index is 2.38. The summed E-state index contributed by atoms with van der Waals surface area (Å²) >= 11 is 0. The van der Waals surface area contributed by atoms with E-state index in [-0.39, 0.29) is 20.2 Å². The van der Waals surface area contributed by atoms with Gasteiger partial charge in [-0.15, -0.1) is 13.2 Å². The van der Waals surface area contributed by atoms with Gasteiger partial charge in [0.1, 0.15) is 10.5 Å². The van der Waals surface area contributed by atoms with Crippen LogP contribution in [0.15, 0.2) is 42.5 Å². The first-order chi connectivity index (χ1) is 11.4. The van der Waals surface area contributed by atoms with Crippen LogP contribution in [0.3, 0.4) is 0 Å². The van der Waals surface area contributed by atoms with Crippen LogP contribution < -0.4 is 4.18 Å². The van der Waals surface area contributed by atoms with Crippen LogP contribution in [0.1, 0.15) is 0 Å². The van der Waals surface area contributed by atoms with E-state index in [1.165, 1.54) is 24.3 Å². The first kappa shape index (κ1) is 17.8. The molecule has 1 unspecified atom stereocenters. The third-order valence-electron chi connectivity index (χ3n) is 3.30. The minimum Gasteiger partial charge on any atom is -0.375 e. The summed E-state index contributed by atoms with van der Waals surface area (Å²) in [6, 6.07) is 8.26. The number of halogens is 6. The Morgan fingerprint density at radius 1 is 0.840 bits per heavy atom. The lowest BCUT2D eigenvalue weighted by Crippen LogP contribution is -2.28. The highest BCUT2D eigenvalue weighted by atomic mass is 32.2. The fraction of sp³-hybridized carbons (Fsp3) is 0.143. The van der Waals surface area contributed by atoms with Gasteiger partial charge in [-0.05, 0) is 24.3 Å². The van der Waals surface area contributed by atoms with Gasteiger partial charge in [0.25, 0.3) is 0 Å². The number of benzene rings is 2. The molecule has 2 aromatic carbocycles. The Labute approximate surface area is 139 Å². The molecule has 134 valence electrons. The van der Waals surface area contributed by atoms with E-state index in [0.29, 0.717) is 0 Å². The predicted octanol–water partition coefficient (Wildman–Crippen LogP) is 5.45. The lowest BCUT2D eigenvalue weighted by atomic mass is 10.1. The zero-order chi connectivity index (χ0) is 18.6. The van der Waals surface area contributed by atoms with Crippen molar-refractivity contribution in [3.8, 4) is 5.75 Å². The van der Waals surface area contributed by atoms with Crippen LogP contribution in [-0.4, -0.2) is 13.9 Å². The molecule has 0 N–H and O–H groups in total. The van der Waals surface area contributed by atoms with Gasteiger partial charge in [0.2, 0.25) is 0 Å². The highest BCUT2D eigenvalue weighted by Crippen LogP contribution is 2.55. The lowest BCUT2D eigenvalue weighted by molar-refractivity contribution is -0.0862. The van der Waals surface area contributed by atoms with Gasteiger partial charge in [0.05, 0.1) is 10.8 Å². The number of fused-ring (bicyclic) bond motifs is 3. The van der Waals surface area contributed by atoms with Crippen LogP contribution in [0.25, 0.3) is 20.2 Å². The third kappa shape index (κ3) is 2.91. The van der Waals surface area contributed by atoms with Crippen molar-refractivity contribution >= 4 is 40.8 Å². The number of alkyl halides is 6. The summed E-state index contributed by atoms with van der Waals surface area (Å²) in [6.07, 6.45) is 0. The molecule has 0 aliphatic carbocycles. The first-order valence-electron chi connectivity index (χ1n) is 6.48. The zero-order valence-electron chi connectivity index (χ0n) is 11.9. The van der Waals surface area contributed by atoms with Crippen molar-refractivity contribution in [3.05, 3.63) is 42.5 Å². The van der Waals surface area contributed by atoms with E-state index in [1.807, 2.05) is 0 Å². The fourth-order valence-electron chi connectivity index (χ4n) is 2.40. The van der Waals surface area contributed by atoms with Crippen molar-refractivity contribution in [2.24, 2.45) is 0 Å². The lowest BCUT2D eigenvalue weighted by Gasteiger charge is -2.09. The number of rotatable bonds is 2. The molecule has 0 radical (unpaired) electrons. The second-order valence-electron chi connectivity index (χ2n) is 4.86. The summed E-state index contributed by atoms with van der Waals surface area (Å²) in [5, 5.41) is -0.308. The van der Waals surface area contributed by atoms with E-state index >= 15 is 0 Å². The molecular weight excluding hydrogens is 394 g/mol. The average Bonchev–Trinajstić information content (AvgIpc) is 2.80. The molecule has 0 saturated heterocycles. The molecule has 3 aromatic rings. The molecule has 0 bridgehead atoms. The largest absolute Gasteiger partial charge is 0.601 e. The summed E-state index contributed by atoms with van der Waals surface area (Å²) in [5.41, 5.74) is -10.4. The van der Waals surface area contributed by atoms with Crippen LogP contribution in [0.5, 0.6) is 5.75 Å². The molecule has 11 heteroatoms. The second kappa shape index (κ2) is 5.49. The molecule has 1 aromatic heterocycles. The van der Waals surface area contributed by atoms with Crippen LogP contribution in [0.2, 0.25) is 0 Å². The third-order valence-corrected chi connectivity index (χ3v) is 6.30. The maximum Gasteiger partial charge on any atom is 0.601 e. The van der Waals surface area contributed by atoms with Crippen molar-refractivity contribution in [2.75, 3.05) is 0 Å². The normalized spacial score (nSPS) is 14.2. The Bertz CT molecular complexity index is 1060.